The highest BCUT2D eigenvalue weighted by molar-refractivity contribution is 5.92. The van der Waals surface area contributed by atoms with Crippen molar-refractivity contribution in [3.63, 3.8) is 0 Å². The number of hydrogen-bond acceptors (Lipinski definition) is 4. The zero-order valence-electron chi connectivity index (χ0n) is 10.5. The van der Waals surface area contributed by atoms with E-state index in [1.54, 1.807) is 0 Å². The fraction of sp³-hybridized carbons (Fsp3) is 0.0714. The largest absolute Gasteiger partial charge is 0.478 e. The van der Waals surface area contributed by atoms with E-state index in [1.165, 1.54) is 37.7 Å². The quantitative estimate of drug-likeness (QED) is 0.870. The highest BCUT2D eigenvalue weighted by atomic mass is 19.1. The zero-order chi connectivity index (χ0) is 14.7. The van der Waals surface area contributed by atoms with Crippen molar-refractivity contribution in [3.05, 3.63) is 53.6 Å². The number of rotatable bonds is 3. The molecule has 0 amide bonds. The summed E-state index contributed by atoms with van der Waals surface area (Å²) < 4.78 is 18.1. The Morgan fingerprint density at radius 3 is 2.45 bits per heavy atom. The molecule has 0 bridgehead atoms. The molecule has 2 rings (SSSR count). The Hall–Kier alpha value is -2.76. The van der Waals surface area contributed by atoms with Gasteiger partial charge in [-0.1, -0.05) is 0 Å². The maximum Gasteiger partial charge on any atom is 0.337 e. The van der Waals surface area contributed by atoms with E-state index in [9.17, 15) is 14.0 Å². The van der Waals surface area contributed by atoms with Crippen LogP contribution in [-0.4, -0.2) is 29.1 Å². The second-order valence-corrected chi connectivity index (χ2v) is 3.99. The molecule has 0 saturated carbocycles. The van der Waals surface area contributed by atoms with Gasteiger partial charge in [-0.3, -0.25) is 4.98 Å². The first kappa shape index (κ1) is 13.7. The van der Waals surface area contributed by atoms with Crippen LogP contribution >= 0.6 is 0 Å². The number of carbonyl (C=O) groups excluding carboxylic acids is 1. The fourth-order valence-electron chi connectivity index (χ4n) is 1.71. The molecule has 5 nitrogen and oxygen atoms in total. The molecule has 1 N–H and O–H groups in total. The van der Waals surface area contributed by atoms with Crippen molar-refractivity contribution < 1.29 is 23.8 Å². The van der Waals surface area contributed by atoms with Crippen LogP contribution in [0.4, 0.5) is 4.39 Å². The minimum Gasteiger partial charge on any atom is -0.478 e. The Morgan fingerprint density at radius 2 is 1.80 bits per heavy atom. The van der Waals surface area contributed by atoms with Gasteiger partial charge >= 0.3 is 11.9 Å². The number of carbonyl (C=O) groups is 2. The third kappa shape index (κ3) is 2.80. The van der Waals surface area contributed by atoms with Gasteiger partial charge in [0.1, 0.15) is 5.82 Å². The Kier molecular flexibility index (Phi) is 3.74. The second-order valence-electron chi connectivity index (χ2n) is 3.99. The third-order valence-electron chi connectivity index (χ3n) is 2.64. The van der Waals surface area contributed by atoms with Crippen LogP contribution in [0.2, 0.25) is 0 Å². The molecular weight excluding hydrogens is 265 g/mol. The molecule has 0 spiro atoms. The summed E-state index contributed by atoms with van der Waals surface area (Å²) in [5, 5.41) is 8.90. The first-order valence-electron chi connectivity index (χ1n) is 5.59. The molecule has 20 heavy (non-hydrogen) atoms. The molecule has 1 aromatic carbocycles. The average molecular weight is 275 g/mol. The van der Waals surface area contributed by atoms with Crippen LogP contribution in [0.15, 0.2) is 36.7 Å². The standard InChI is InChI=1S/C14H10FNO4/c1-20-14(19)9-2-8(4-12(15)5-9)10-3-11(13(17)18)7-16-6-10/h2-7H,1H3,(H,17,18). The summed E-state index contributed by atoms with van der Waals surface area (Å²) in [7, 11) is 1.19. The summed E-state index contributed by atoms with van der Waals surface area (Å²) in [6.07, 6.45) is 2.58. The molecule has 2 aromatic rings. The molecule has 0 aliphatic rings. The molecule has 1 heterocycles. The predicted molar refractivity (Wildman–Crippen MR) is 67.9 cm³/mol. The van der Waals surface area contributed by atoms with Crippen molar-refractivity contribution >= 4 is 11.9 Å². The lowest BCUT2D eigenvalue weighted by Gasteiger charge is -2.06. The van der Waals surface area contributed by atoms with Crippen LogP contribution in [0.25, 0.3) is 11.1 Å². The molecule has 0 aliphatic carbocycles. The summed E-state index contributed by atoms with van der Waals surface area (Å²) in [5.41, 5.74) is 0.769. The van der Waals surface area contributed by atoms with Gasteiger partial charge in [-0.2, -0.15) is 0 Å². The minimum atomic E-state index is -1.14. The molecule has 1 aromatic heterocycles. The van der Waals surface area contributed by atoms with Crippen LogP contribution in [-0.2, 0) is 4.74 Å². The number of benzene rings is 1. The number of nitrogens with zero attached hydrogens (tertiary/aromatic N) is 1. The van der Waals surface area contributed by atoms with E-state index in [0.29, 0.717) is 11.1 Å². The Balaban J connectivity index is 2.52. The van der Waals surface area contributed by atoms with Crippen LogP contribution in [0.3, 0.4) is 0 Å². The number of halogens is 1. The van der Waals surface area contributed by atoms with E-state index in [0.717, 1.165) is 6.07 Å². The summed E-state index contributed by atoms with van der Waals surface area (Å²) in [6.45, 7) is 0. The van der Waals surface area contributed by atoms with Gasteiger partial charge in [0.2, 0.25) is 0 Å². The summed E-state index contributed by atoms with van der Waals surface area (Å²) in [6, 6.07) is 5.00. The molecule has 0 aliphatic heterocycles. The number of ether oxygens (including phenoxy) is 1. The first-order valence-corrected chi connectivity index (χ1v) is 5.59. The highest BCUT2D eigenvalue weighted by Gasteiger charge is 2.11. The molecule has 102 valence electrons. The minimum absolute atomic E-state index is 0.0219. The van der Waals surface area contributed by atoms with E-state index in [1.807, 2.05) is 0 Å². The summed E-state index contributed by atoms with van der Waals surface area (Å²) in [4.78, 5) is 26.1. The first-order chi connectivity index (χ1) is 9.51. The molecule has 0 saturated heterocycles. The number of methoxy groups -OCH3 is 1. The van der Waals surface area contributed by atoms with Crippen molar-refractivity contribution in [2.75, 3.05) is 7.11 Å². The number of carboxylic acids is 1. The van der Waals surface area contributed by atoms with Gasteiger partial charge in [0.15, 0.2) is 0 Å². The summed E-state index contributed by atoms with van der Waals surface area (Å²) in [5.74, 6) is -2.43. The lowest BCUT2D eigenvalue weighted by Crippen LogP contribution is -2.02. The monoisotopic (exact) mass is 275 g/mol. The van der Waals surface area contributed by atoms with Gasteiger partial charge in [0, 0.05) is 18.0 Å². The van der Waals surface area contributed by atoms with Gasteiger partial charge in [-0.05, 0) is 29.8 Å². The highest BCUT2D eigenvalue weighted by Crippen LogP contribution is 2.22. The molecule has 0 atom stereocenters. The van der Waals surface area contributed by atoms with Gasteiger partial charge in [-0.25, -0.2) is 14.0 Å². The van der Waals surface area contributed by atoms with E-state index >= 15 is 0 Å². The van der Waals surface area contributed by atoms with Gasteiger partial charge in [-0.15, -0.1) is 0 Å². The fourth-order valence-corrected chi connectivity index (χ4v) is 1.71. The number of pyridine rings is 1. The van der Waals surface area contributed by atoms with E-state index in [4.69, 9.17) is 5.11 Å². The zero-order valence-corrected chi connectivity index (χ0v) is 10.5. The molecule has 6 heteroatoms. The number of aromatic nitrogens is 1. The SMILES string of the molecule is COC(=O)c1cc(F)cc(-c2cncc(C(=O)O)c2)c1. The maximum absolute atomic E-state index is 13.5. The van der Waals surface area contributed by atoms with Crippen molar-refractivity contribution in [2.45, 2.75) is 0 Å². The van der Waals surface area contributed by atoms with Crippen LogP contribution in [0.1, 0.15) is 20.7 Å². The van der Waals surface area contributed by atoms with Crippen molar-refractivity contribution in [2.24, 2.45) is 0 Å². The number of aromatic carboxylic acids is 1. The predicted octanol–water partition coefficient (Wildman–Crippen LogP) is 2.37. The lowest BCUT2D eigenvalue weighted by atomic mass is 10.0. The van der Waals surface area contributed by atoms with Gasteiger partial charge < -0.3 is 9.84 Å². The Labute approximate surface area is 113 Å². The molecule has 0 radical (unpaired) electrons. The Morgan fingerprint density at radius 1 is 1.10 bits per heavy atom. The number of hydrogen-bond donors (Lipinski definition) is 1. The van der Waals surface area contributed by atoms with E-state index in [2.05, 4.69) is 9.72 Å². The Bertz CT molecular complexity index is 685. The average Bonchev–Trinajstić information content (AvgIpc) is 2.45. The molecule has 0 fully saturated rings. The van der Waals surface area contributed by atoms with E-state index in [-0.39, 0.29) is 11.1 Å². The van der Waals surface area contributed by atoms with Crippen LogP contribution < -0.4 is 0 Å². The van der Waals surface area contributed by atoms with E-state index < -0.39 is 17.8 Å². The second kappa shape index (κ2) is 5.48. The lowest BCUT2D eigenvalue weighted by molar-refractivity contribution is 0.0599. The van der Waals surface area contributed by atoms with Crippen LogP contribution in [0, 0.1) is 5.82 Å². The van der Waals surface area contributed by atoms with Crippen molar-refractivity contribution in [1.29, 1.82) is 0 Å². The number of carboxylic acid groups (broad SMARTS) is 1. The smallest absolute Gasteiger partial charge is 0.337 e. The van der Waals surface area contributed by atoms with Gasteiger partial charge in [0.25, 0.3) is 0 Å². The summed E-state index contributed by atoms with van der Waals surface area (Å²) >= 11 is 0. The number of esters is 1. The van der Waals surface area contributed by atoms with Gasteiger partial charge in [0.05, 0.1) is 18.2 Å². The maximum atomic E-state index is 13.5. The topological polar surface area (TPSA) is 76.5 Å². The van der Waals surface area contributed by atoms with Crippen molar-refractivity contribution in [3.8, 4) is 11.1 Å². The molecular formula is C14H10FNO4. The van der Waals surface area contributed by atoms with Crippen LogP contribution in [0.5, 0.6) is 0 Å². The third-order valence-corrected chi connectivity index (χ3v) is 2.64. The normalized spacial score (nSPS) is 10.1. The molecule has 0 unspecified atom stereocenters. The van der Waals surface area contributed by atoms with Crippen molar-refractivity contribution in [1.82, 2.24) is 4.98 Å².